The summed E-state index contributed by atoms with van der Waals surface area (Å²) in [6, 6.07) is 18.9. The van der Waals surface area contributed by atoms with E-state index in [9.17, 15) is 18.0 Å². The van der Waals surface area contributed by atoms with Crippen LogP contribution < -0.4 is 9.62 Å². The minimum Gasteiger partial charge on any atom is -0.352 e. The molecular weight excluding hydrogens is 569 g/mol. The van der Waals surface area contributed by atoms with Gasteiger partial charge in [0.05, 0.1) is 10.6 Å². The smallest absolute Gasteiger partial charge is 0.264 e. The van der Waals surface area contributed by atoms with E-state index in [4.69, 9.17) is 23.2 Å². The lowest BCUT2D eigenvalue weighted by atomic mass is 10.1. The molecule has 2 amide bonds. The molecular formula is C30H35Cl2N3O4S. The fourth-order valence-corrected chi connectivity index (χ4v) is 6.20. The Labute approximate surface area is 247 Å². The number of sulfonamides is 1. The molecule has 214 valence electrons. The molecule has 3 aromatic carbocycles. The summed E-state index contributed by atoms with van der Waals surface area (Å²) in [4.78, 5) is 28.9. The zero-order valence-corrected chi connectivity index (χ0v) is 25.4. The van der Waals surface area contributed by atoms with Crippen molar-refractivity contribution >= 4 is 50.7 Å². The summed E-state index contributed by atoms with van der Waals surface area (Å²) >= 11 is 12.5. The van der Waals surface area contributed by atoms with Crippen LogP contribution in [0.25, 0.3) is 0 Å². The number of benzene rings is 3. The molecule has 0 saturated carbocycles. The number of carbonyl (C=O) groups is 2. The first-order valence-corrected chi connectivity index (χ1v) is 15.4. The second kappa shape index (κ2) is 14.0. The van der Waals surface area contributed by atoms with Crippen molar-refractivity contribution in [3.05, 3.63) is 94.0 Å². The Balaban J connectivity index is 2.09. The van der Waals surface area contributed by atoms with Crippen molar-refractivity contribution in [2.75, 3.05) is 10.8 Å². The quantitative estimate of drug-likeness (QED) is 0.266. The molecule has 0 heterocycles. The average Bonchev–Trinajstić information content (AvgIpc) is 2.92. The second-order valence-electron chi connectivity index (χ2n) is 9.64. The van der Waals surface area contributed by atoms with Gasteiger partial charge in [-0.25, -0.2) is 8.42 Å². The van der Waals surface area contributed by atoms with Crippen molar-refractivity contribution in [3.63, 3.8) is 0 Å². The third-order valence-electron chi connectivity index (χ3n) is 6.73. The number of aryl methyl sites for hydroxylation is 1. The van der Waals surface area contributed by atoms with Crippen LogP contribution in [0.4, 0.5) is 5.69 Å². The molecule has 3 rings (SSSR count). The van der Waals surface area contributed by atoms with Crippen LogP contribution in [0.15, 0.2) is 77.7 Å². The molecule has 2 atom stereocenters. The number of amides is 2. The van der Waals surface area contributed by atoms with E-state index in [-0.39, 0.29) is 39.1 Å². The Bertz CT molecular complexity index is 1410. The predicted octanol–water partition coefficient (Wildman–Crippen LogP) is 6.22. The largest absolute Gasteiger partial charge is 0.352 e. The molecule has 0 aromatic heterocycles. The van der Waals surface area contributed by atoms with Crippen LogP contribution in [0, 0.1) is 6.92 Å². The molecule has 0 aliphatic rings. The van der Waals surface area contributed by atoms with Crippen molar-refractivity contribution in [2.45, 2.75) is 64.1 Å². The Morgan fingerprint density at radius 3 is 2.08 bits per heavy atom. The third kappa shape index (κ3) is 7.77. The van der Waals surface area contributed by atoms with Gasteiger partial charge in [-0.15, -0.1) is 0 Å². The number of hydrogen-bond acceptors (Lipinski definition) is 4. The molecule has 10 heteroatoms. The van der Waals surface area contributed by atoms with E-state index in [0.717, 1.165) is 21.9 Å². The van der Waals surface area contributed by atoms with Gasteiger partial charge >= 0.3 is 0 Å². The topological polar surface area (TPSA) is 86.8 Å². The summed E-state index contributed by atoms with van der Waals surface area (Å²) in [6.45, 7) is 7.19. The molecule has 0 spiro atoms. The van der Waals surface area contributed by atoms with Crippen molar-refractivity contribution in [2.24, 2.45) is 0 Å². The van der Waals surface area contributed by atoms with E-state index in [0.29, 0.717) is 6.42 Å². The fraction of sp³-hybridized carbons (Fsp3) is 0.333. The van der Waals surface area contributed by atoms with Gasteiger partial charge in [-0.05, 0) is 68.1 Å². The third-order valence-corrected chi connectivity index (χ3v) is 8.96. The van der Waals surface area contributed by atoms with Gasteiger partial charge in [-0.2, -0.15) is 0 Å². The van der Waals surface area contributed by atoms with Gasteiger partial charge in [0.1, 0.15) is 12.6 Å². The Hall–Kier alpha value is -3.07. The molecule has 7 nitrogen and oxygen atoms in total. The van der Waals surface area contributed by atoms with Crippen LogP contribution in [0.1, 0.15) is 44.7 Å². The first kappa shape index (κ1) is 31.5. The van der Waals surface area contributed by atoms with Crippen LogP contribution in [-0.2, 0) is 26.2 Å². The monoisotopic (exact) mass is 603 g/mol. The van der Waals surface area contributed by atoms with Crippen molar-refractivity contribution in [3.8, 4) is 0 Å². The van der Waals surface area contributed by atoms with Crippen LogP contribution in [0.3, 0.4) is 0 Å². The van der Waals surface area contributed by atoms with E-state index in [1.165, 1.54) is 35.2 Å². The summed E-state index contributed by atoms with van der Waals surface area (Å²) in [6.07, 6.45) is 1.07. The van der Waals surface area contributed by atoms with Crippen molar-refractivity contribution in [1.29, 1.82) is 0 Å². The van der Waals surface area contributed by atoms with Gasteiger partial charge in [-0.1, -0.05) is 79.5 Å². The maximum atomic E-state index is 14.1. The number of rotatable bonds is 12. The number of hydrogen-bond donors (Lipinski definition) is 1. The maximum Gasteiger partial charge on any atom is 0.264 e. The number of nitrogens with one attached hydrogen (secondary N) is 1. The lowest BCUT2D eigenvalue weighted by Crippen LogP contribution is -2.53. The first-order chi connectivity index (χ1) is 19.0. The Morgan fingerprint density at radius 1 is 0.900 bits per heavy atom. The molecule has 0 fully saturated rings. The molecule has 0 aliphatic carbocycles. The van der Waals surface area contributed by atoms with Crippen LogP contribution >= 0.6 is 23.2 Å². The van der Waals surface area contributed by atoms with Gasteiger partial charge in [-0.3, -0.25) is 13.9 Å². The maximum absolute atomic E-state index is 14.1. The summed E-state index contributed by atoms with van der Waals surface area (Å²) < 4.78 is 28.7. The van der Waals surface area contributed by atoms with E-state index in [1.54, 1.807) is 18.2 Å². The highest BCUT2D eigenvalue weighted by atomic mass is 35.5. The molecule has 1 N–H and O–H groups in total. The highest BCUT2D eigenvalue weighted by Crippen LogP contribution is 2.30. The lowest BCUT2D eigenvalue weighted by molar-refractivity contribution is -0.140. The lowest BCUT2D eigenvalue weighted by Gasteiger charge is -2.34. The van der Waals surface area contributed by atoms with E-state index in [2.05, 4.69) is 5.32 Å². The number of nitrogens with zero attached hydrogens (tertiary/aromatic N) is 2. The molecule has 2 unspecified atom stereocenters. The number of carbonyl (C=O) groups excluding carboxylic acids is 2. The molecule has 3 aromatic rings. The number of halogens is 2. The summed E-state index contributed by atoms with van der Waals surface area (Å²) in [5.41, 5.74) is 1.95. The zero-order valence-electron chi connectivity index (χ0n) is 23.1. The average molecular weight is 605 g/mol. The van der Waals surface area contributed by atoms with E-state index < -0.39 is 28.5 Å². The molecule has 0 radical (unpaired) electrons. The second-order valence-corrected chi connectivity index (χ2v) is 12.4. The van der Waals surface area contributed by atoms with Gasteiger partial charge in [0, 0.05) is 22.6 Å². The summed E-state index contributed by atoms with van der Waals surface area (Å²) in [7, 11) is -4.20. The molecule has 0 saturated heterocycles. The summed E-state index contributed by atoms with van der Waals surface area (Å²) in [5, 5.41) is 3.42. The standard InChI is InChI=1S/C30H35Cl2N3O4S/c1-5-22(4)33-30(37)28(6-2)34(19-23-13-11-10-12-21(23)3)29(36)20-35(26-17-24(31)16-25(32)18-26)40(38,39)27-14-8-7-9-15-27/h7-18,22,28H,5-6,19-20H2,1-4H3,(H,33,37). The minimum absolute atomic E-state index is 0.00547. The SMILES string of the molecule is CCC(C)NC(=O)C(CC)N(Cc1ccccc1C)C(=O)CN(c1cc(Cl)cc(Cl)c1)S(=O)(=O)c1ccccc1. The normalized spacial score (nSPS) is 12.8. The highest BCUT2D eigenvalue weighted by molar-refractivity contribution is 7.92. The van der Waals surface area contributed by atoms with Gasteiger partial charge in [0.2, 0.25) is 11.8 Å². The van der Waals surface area contributed by atoms with Crippen molar-refractivity contribution < 1.29 is 18.0 Å². The molecule has 40 heavy (non-hydrogen) atoms. The highest BCUT2D eigenvalue weighted by Gasteiger charge is 2.34. The van der Waals surface area contributed by atoms with Crippen molar-refractivity contribution in [1.82, 2.24) is 10.2 Å². The summed E-state index contributed by atoms with van der Waals surface area (Å²) in [5.74, 6) is -0.827. The van der Waals surface area contributed by atoms with Crippen LogP contribution in [0.2, 0.25) is 10.0 Å². The molecule has 0 bridgehead atoms. The predicted molar refractivity (Wildman–Crippen MR) is 161 cm³/mol. The van der Waals surface area contributed by atoms with E-state index >= 15 is 0 Å². The van der Waals surface area contributed by atoms with Gasteiger partial charge in [0.25, 0.3) is 10.0 Å². The van der Waals surface area contributed by atoms with E-state index in [1.807, 2.05) is 52.0 Å². The first-order valence-electron chi connectivity index (χ1n) is 13.2. The zero-order chi connectivity index (χ0) is 29.4. The fourth-order valence-electron chi connectivity index (χ4n) is 4.26. The van der Waals surface area contributed by atoms with Crippen LogP contribution in [0.5, 0.6) is 0 Å². The number of anilines is 1. The Morgan fingerprint density at radius 2 is 1.50 bits per heavy atom. The minimum atomic E-state index is -4.20. The van der Waals surface area contributed by atoms with Crippen LogP contribution in [-0.4, -0.2) is 43.8 Å². The Kier molecular flexibility index (Phi) is 11.0. The molecule has 0 aliphatic heterocycles. The van der Waals surface area contributed by atoms with Gasteiger partial charge in [0.15, 0.2) is 0 Å². The van der Waals surface area contributed by atoms with Gasteiger partial charge < -0.3 is 10.2 Å².